The Kier molecular flexibility index (Phi) is 4.66. The Morgan fingerprint density at radius 3 is 2.70 bits per heavy atom. The number of carbonyl (C=O) groups excluding carboxylic acids is 1. The molecule has 0 bridgehead atoms. The van der Waals surface area contributed by atoms with Crippen LogP contribution in [-0.4, -0.2) is 50.2 Å². The van der Waals surface area contributed by atoms with E-state index in [0.29, 0.717) is 11.4 Å². The number of anilines is 2. The Morgan fingerprint density at radius 2 is 1.96 bits per heavy atom. The van der Waals surface area contributed by atoms with E-state index in [0.717, 1.165) is 43.0 Å². The van der Waals surface area contributed by atoms with Crippen molar-refractivity contribution in [2.75, 3.05) is 43.4 Å². The molecule has 0 spiro atoms. The molecule has 1 N–H and O–H groups in total. The molecular formula is C21H23FN4O. The van der Waals surface area contributed by atoms with E-state index in [1.165, 1.54) is 6.07 Å². The van der Waals surface area contributed by atoms with Crippen LogP contribution in [-0.2, 0) is 4.79 Å². The maximum Gasteiger partial charge on any atom is 0.237 e. The van der Waals surface area contributed by atoms with Crippen LogP contribution in [0.25, 0.3) is 0 Å². The van der Waals surface area contributed by atoms with Crippen LogP contribution in [0.2, 0.25) is 0 Å². The van der Waals surface area contributed by atoms with E-state index < -0.39 is 5.92 Å². The first-order chi connectivity index (χ1) is 13.0. The van der Waals surface area contributed by atoms with Gasteiger partial charge in [-0.2, -0.15) is 0 Å². The molecule has 1 unspecified atom stereocenters. The van der Waals surface area contributed by atoms with Crippen LogP contribution in [0.1, 0.15) is 17.0 Å². The van der Waals surface area contributed by atoms with Gasteiger partial charge in [0.25, 0.3) is 0 Å². The fraction of sp³-hybridized carbons (Fsp3) is 0.333. The lowest BCUT2D eigenvalue weighted by atomic mass is 9.97. The van der Waals surface area contributed by atoms with Crippen molar-refractivity contribution in [3.05, 3.63) is 53.3 Å². The molecule has 4 rings (SSSR count). The number of rotatable bonds is 3. The third-order valence-corrected chi connectivity index (χ3v) is 5.32. The molecule has 5 nitrogen and oxygen atoms in total. The van der Waals surface area contributed by atoms with Crippen molar-refractivity contribution < 1.29 is 9.18 Å². The number of aliphatic imine (C=N–C) groups is 1. The van der Waals surface area contributed by atoms with Crippen molar-refractivity contribution in [2.45, 2.75) is 12.8 Å². The second-order valence-corrected chi connectivity index (χ2v) is 7.21. The fourth-order valence-corrected chi connectivity index (χ4v) is 3.73. The zero-order valence-corrected chi connectivity index (χ0v) is 15.6. The molecule has 6 heteroatoms. The molecule has 0 aliphatic carbocycles. The molecule has 0 aromatic heterocycles. The summed E-state index contributed by atoms with van der Waals surface area (Å²) in [6.45, 7) is 5.46. The average Bonchev–Trinajstić information content (AvgIpc) is 2.97. The first-order valence-electron chi connectivity index (χ1n) is 9.20. The molecule has 2 aromatic carbocycles. The van der Waals surface area contributed by atoms with Gasteiger partial charge in [-0.15, -0.1) is 0 Å². The minimum absolute atomic E-state index is 0.0995. The third kappa shape index (κ3) is 3.45. The number of hydrogen-bond acceptors (Lipinski definition) is 4. The molecule has 2 aromatic rings. The van der Waals surface area contributed by atoms with Gasteiger partial charge < -0.3 is 15.1 Å². The summed E-state index contributed by atoms with van der Waals surface area (Å²) in [6, 6.07) is 10.8. The molecule has 0 radical (unpaired) electrons. The lowest BCUT2D eigenvalue weighted by Gasteiger charge is -2.34. The predicted molar refractivity (Wildman–Crippen MR) is 107 cm³/mol. The smallest absolute Gasteiger partial charge is 0.237 e. The van der Waals surface area contributed by atoms with Gasteiger partial charge in [-0.25, -0.2) is 4.39 Å². The number of amides is 1. The maximum absolute atomic E-state index is 14.6. The van der Waals surface area contributed by atoms with Crippen molar-refractivity contribution in [3.63, 3.8) is 0 Å². The van der Waals surface area contributed by atoms with E-state index >= 15 is 0 Å². The lowest BCUT2D eigenvalue weighted by molar-refractivity contribution is -0.115. The maximum atomic E-state index is 14.6. The summed E-state index contributed by atoms with van der Waals surface area (Å²) in [5.74, 6) is -0.819. The van der Waals surface area contributed by atoms with Gasteiger partial charge in [-0.1, -0.05) is 12.1 Å². The van der Waals surface area contributed by atoms with Crippen molar-refractivity contribution >= 4 is 29.2 Å². The monoisotopic (exact) mass is 366 g/mol. The molecule has 1 fully saturated rings. The summed E-state index contributed by atoms with van der Waals surface area (Å²) in [6.07, 6.45) is 1.61. The number of benzene rings is 2. The number of aryl methyl sites for hydroxylation is 1. The molecule has 27 heavy (non-hydrogen) atoms. The van der Waals surface area contributed by atoms with Crippen molar-refractivity contribution in [1.29, 1.82) is 0 Å². The quantitative estimate of drug-likeness (QED) is 0.848. The number of carbonyl (C=O) groups is 1. The molecular weight excluding hydrogens is 343 g/mol. The first-order valence-corrected chi connectivity index (χ1v) is 9.20. The molecule has 1 atom stereocenters. The highest BCUT2D eigenvalue weighted by Crippen LogP contribution is 2.34. The lowest BCUT2D eigenvalue weighted by Crippen LogP contribution is -2.44. The van der Waals surface area contributed by atoms with E-state index in [1.807, 2.05) is 25.1 Å². The Morgan fingerprint density at radius 1 is 1.19 bits per heavy atom. The number of hydrogen-bond donors (Lipinski definition) is 1. The van der Waals surface area contributed by atoms with Gasteiger partial charge in [-0.05, 0) is 43.3 Å². The van der Waals surface area contributed by atoms with Crippen LogP contribution in [0.5, 0.6) is 0 Å². The molecule has 2 aliphatic rings. The standard InChI is InChI=1S/C21H23FN4O/c1-14-4-3-5-18-20(14)16(21(27)24-18)13-23-15-6-7-19(17(22)12-15)26-10-8-25(2)9-11-26/h3-7,12-13,16H,8-11H2,1-2H3,(H,24,27). The Bertz CT molecular complexity index is 903. The highest BCUT2D eigenvalue weighted by molar-refractivity contribution is 6.13. The Hall–Kier alpha value is -2.73. The molecule has 2 aliphatic heterocycles. The Labute approximate surface area is 158 Å². The number of nitrogens with zero attached hydrogens (tertiary/aromatic N) is 3. The topological polar surface area (TPSA) is 47.9 Å². The number of halogens is 1. The Balaban J connectivity index is 1.54. The number of piperazine rings is 1. The van der Waals surface area contributed by atoms with E-state index in [9.17, 15) is 9.18 Å². The molecule has 1 saturated heterocycles. The average molecular weight is 366 g/mol. The normalized spacial score (nSPS) is 20.2. The van der Waals surface area contributed by atoms with E-state index in [2.05, 4.69) is 27.2 Å². The second-order valence-electron chi connectivity index (χ2n) is 7.21. The SMILES string of the molecule is Cc1cccc2c1C(C=Nc1ccc(N3CCN(C)CC3)c(F)c1)C(=O)N2. The van der Waals surface area contributed by atoms with Gasteiger partial charge in [0.05, 0.1) is 11.4 Å². The van der Waals surface area contributed by atoms with Gasteiger partial charge in [0.15, 0.2) is 0 Å². The van der Waals surface area contributed by atoms with Crippen molar-refractivity contribution in [1.82, 2.24) is 4.90 Å². The van der Waals surface area contributed by atoms with Crippen LogP contribution < -0.4 is 10.2 Å². The zero-order valence-electron chi connectivity index (χ0n) is 15.6. The van der Waals surface area contributed by atoms with Crippen LogP contribution in [0.4, 0.5) is 21.5 Å². The van der Waals surface area contributed by atoms with Crippen molar-refractivity contribution in [2.24, 2.45) is 4.99 Å². The number of nitrogens with one attached hydrogen (secondary N) is 1. The van der Waals surface area contributed by atoms with Gasteiger partial charge in [0, 0.05) is 44.1 Å². The van der Waals surface area contributed by atoms with E-state index in [1.54, 1.807) is 18.3 Å². The third-order valence-electron chi connectivity index (χ3n) is 5.32. The van der Waals surface area contributed by atoms with Crippen LogP contribution in [0.3, 0.4) is 0 Å². The summed E-state index contributed by atoms with van der Waals surface area (Å²) in [5, 5.41) is 2.88. The van der Waals surface area contributed by atoms with Gasteiger partial charge in [0.2, 0.25) is 5.91 Å². The first kappa shape index (κ1) is 17.7. The molecule has 140 valence electrons. The largest absolute Gasteiger partial charge is 0.367 e. The van der Waals surface area contributed by atoms with Crippen molar-refractivity contribution in [3.8, 4) is 0 Å². The summed E-state index contributed by atoms with van der Waals surface area (Å²) in [7, 11) is 2.07. The van der Waals surface area contributed by atoms with Gasteiger partial charge in [0.1, 0.15) is 11.7 Å². The second kappa shape index (κ2) is 7.12. The molecule has 2 heterocycles. The van der Waals surface area contributed by atoms with E-state index in [-0.39, 0.29) is 11.7 Å². The minimum atomic E-state index is -0.443. The zero-order chi connectivity index (χ0) is 19.0. The highest BCUT2D eigenvalue weighted by atomic mass is 19.1. The van der Waals surface area contributed by atoms with Crippen LogP contribution >= 0.6 is 0 Å². The summed E-state index contributed by atoms with van der Waals surface area (Å²) in [4.78, 5) is 21.0. The van der Waals surface area contributed by atoms with E-state index in [4.69, 9.17) is 0 Å². The summed E-state index contributed by atoms with van der Waals surface area (Å²) >= 11 is 0. The molecule has 0 saturated carbocycles. The summed E-state index contributed by atoms with van der Waals surface area (Å²) in [5.41, 5.74) is 3.94. The molecule has 1 amide bonds. The predicted octanol–water partition coefficient (Wildman–Crippen LogP) is 3.32. The number of likely N-dealkylation sites (N-methyl/N-ethyl adjacent to an activating group) is 1. The van der Waals surface area contributed by atoms with Gasteiger partial charge in [-0.3, -0.25) is 9.79 Å². The van der Waals surface area contributed by atoms with Gasteiger partial charge >= 0.3 is 0 Å². The highest BCUT2D eigenvalue weighted by Gasteiger charge is 2.30. The minimum Gasteiger partial charge on any atom is -0.367 e. The van der Waals surface area contributed by atoms with Crippen LogP contribution in [0, 0.1) is 12.7 Å². The number of fused-ring (bicyclic) bond motifs is 1. The fourth-order valence-electron chi connectivity index (χ4n) is 3.73. The van der Waals surface area contributed by atoms with Crippen LogP contribution in [0.15, 0.2) is 41.4 Å². The summed E-state index contributed by atoms with van der Waals surface area (Å²) < 4.78 is 14.6.